The van der Waals surface area contributed by atoms with Crippen molar-refractivity contribution in [2.45, 2.75) is 45.2 Å². The number of carboxylic acid groups (broad SMARTS) is 1. The lowest BCUT2D eigenvalue weighted by molar-refractivity contribution is -0.121. The van der Waals surface area contributed by atoms with Crippen molar-refractivity contribution in [3.63, 3.8) is 0 Å². The van der Waals surface area contributed by atoms with Gasteiger partial charge in [0.2, 0.25) is 5.91 Å². The molecule has 1 aliphatic heterocycles. The quantitative estimate of drug-likeness (QED) is 0.773. The fourth-order valence-electron chi connectivity index (χ4n) is 3.72. The van der Waals surface area contributed by atoms with E-state index in [0.29, 0.717) is 18.5 Å². The number of amides is 1. The van der Waals surface area contributed by atoms with Gasteiger partial charge in [0.1, 0.15) is 0 Å². The molecule has 1 aliphatic rings. The zero-order valence-electron chi connectivity index (χ0n) is 16.6. The number of carbonyl (C=O) groups excluding carboxylic acids is 1. The van der Waals surface area contributed by atoms with Gasteiger partial charge in [0, 0.05) is 31.6 Å². The third-order valence-corrected chi connectivity index (χ3v) is 5.57. The molecule has 5 heteroatoms. The van der Waals surface area contributed by atoms with Crippen LogP contribution in [0.2, 0.25) is 0 Å². The van der Waals surface area contributed by atoms with E-state index in [2.05, 4.69) is 48.3 Å². The number of carbonyl (C=O) groups is 2. The van der Waals surface area contributed by atoms with Gasteiger partial charge < -0.3 is 10.4 Å². The van der Waals surface area contributed by atoms with Gasteiger partial charge in [-0.05, 0) is 49.4 Å². The highest BCUT2D eigenvalue weighted by Crippen LogP contribution is 2.25. The first-order chi connectivity index (χ1) is 13.4. The molecule has 1 amide bonds. The van der Waals surface area contributed by atoms with Crippen LogP contribution in [0.4, 0.5) is 0 Å². The molecule has 0 fully saturated rings. The summed E-state index contributed by atoms with van der Waals surface area (Å²) in [6.45, 7) is 6.74. The average Bonchev–Trinajstić information content (AvgIpc) is 2.70. The molecule has 0 spiro atoms. The monoisotopic (exact) mass is 380 g/mol. The maximum absolute atomic E-state index is 12.3. The van der Waals surface area contributed by atoms with Gasteiger partial charge in [0.25, 0.3) is 0 Å². The van der Waals surface area contributed by atoms with Crippen LogP contribution in [0.15, 0.2) is 48.5 Å². The van der Waals surface area contributed by atoms with Crippen molar-refractivity contribution in [1.29, 1.82) is 0 Å². The molecule has 2 aromatic carbocycles. The highest BCUT2D eigenvalue weighted by Gasteiger charge is 2.30. The van der Waals surface area contributed by atoms with Crippen LogP contribution in [0, 0.1) is 0 Å². The number of nitrogens with zero attached hydrogens (tertiary/aromatic N) is 1. The Balaban J connectivity index is 1.52. The van der Waals surface area contributed by atoms with Crippen LogP contribution in [-0.2, 0) is 24.2 Å². The molecule has 5 nitrogen and oxygen atoms in total. The molecule has 0 saturated heterocycles. The molecule has 2 N–H and O–H groups in total. The third kappa shape index (κ3) is 4.78. The number of aryl methyl sites for hydroxylation is 1. The van der Waals surface area contributed by atoms with Gasteiger partial charge in [-0.25, -0.2) is 4.79 Å². The second-order valence-corrected chi connectivity index (χ2v) is 7.99. The first-order valence-electron chi connectivity index (χ1n) is 9.76. The zero-order valence-corrected chi connectivity index (χ0v) is 16.6. The van der Waals surface area contributed by atoms with Crippen molar-refractivity contribution < 1.29 is 14.7 Å². The summed E-state index contributed by atoms with van der Waals surface area (Å²) in [5.41, 5.74) is 3.58. The van der Waals surface area contributed by atoms with Crippen LogP contribution in [0.1, 0.15) is 47.3 Å². The van der Waals surface area contributed by atoms with Gasteiger partial charge in [-0.15, -0.1) is 0 Å². The van der Waals surface area contributed by atoms with Crippen LogP contribution in [-0.4, -0.2) is 40.5 Å². The minimum atomic E-state index is -0.956. The normalized spacial score (nSPS) is 14.4. The predicted molar refractivity (Wildman–Crippen MR) is 109 cm³/mol. The van der Waals surface area contributed by atoms with E-state index in [0.717, 1.165) is 19.5 Å². The van der Waals surface area contributed by atoms with Crippen molar-refractivity contribution >= 4 is 11.9 Å². The summed E-state index contributed by atoms with van der Waals surface area (Å²) in [4.78, 5) is 26.0. The van der Waals surface area contributed by atoms with Crippen LogP contribution < -0.4 is 5.32 Å². The Morgan fingerprint density at radius 1 is 1.07 bits per heavy atom. The van der Waals surface area contributed by atoms with Crippen LogP contribution in [0.5, 0.6) is 0 Å². The minimum absolute atomic E-state index is 0.0503. The first kappa shape index (κ1) is 20.1. The molecule has 0 radical (unpaired) electrons. The Kier molecular flexibility index (Phi) is 6.15. The molecule has 1 heterocycles. The summed E-state index contributed by atoms with van der Waals surface area (Å²) in [6, 6.07) is 15.4. The number of fused-ring (bicyclic) bond motifs is 1. The maximum atomic E-state index is 12.3. The summed E-state index contributed by atoms with van der Waals surface area (Å²) < 4.78 is 0. The van der Waals surface area contributed by atoms with Crippen molar-refractivity contribution in [3.8, 4) is 0 Å². The highest BCUT2D eigenvalue weighted by molar-refractivity contribution is 5.89. The number of carboxylic acids is 1. The van der Waals surface area contributed by atoms with Gasteiger partial charge in [-0.2, -0.15) is 0 Å². The summed E-state index contributed by atoms with van der Waals surface area (Å²) in [6.07, 6.45) is 1.73. The van der Waals surface area contributed by atoms with Crippen molar-refractivity contribution in [2.24, 2.45) is 0 Å². The Labute approximate surface area is 166 Å². The smallest absolute Gasteiger partial charge is 0.335 e. The predicted octanol–water partition coefficient (Wildman–Crippen LogP) is 3.27. The molecular weight excluding hydrogens is 352 g/mol. The van der Waals surface area contributed by atoms with Gasteiger partial charge in [0.05, 0.1) is 5.56 Å². The standard InChI is InChI=1S/C23H28N2O3/c1-23(2,25-14-13-17-7-3-4-9-19(17)15-25)16-24-21(26)12-11-18-8-5-6-10-20(18)22(27)28/h3-10H,11-16H2,1-2H3,(H,24,26)(H,27,28). The molecule has 28 heavy (non-hydrogen) atoms. The lowest BCUT2D eigenvalue weighted by Crippen LogP contribution is -2.53. The maximum Gasteiger partial charge on any atom is 0.335 e. The van der Waals surface area contributed by atoms with Gasteiger partial charge in [-0.3, -0.25) is 9.69 Å². The van der Waals surface area contributed by atoms with E-state index in [9.17, 15) is 14.7 Å². The first-order valence-corrected chi connectivity index (χ1v) is 9.76. The molecule has 0 bridgehead atoms. The topological polar surface area (TPSA) is 69.6 Å². The fraction of sp³-hybridized carbons (Fsp3) is 0.391. The Bertz CT molecular complexity index is 860. The summed E-state index contributed by atoms with van der Waals surface area (Å²) >= 11 is 0. The number of hydrogen-bond donors (Lipinski definition) is 2. The van der Waals surface area contributed by atoms with Crippen LogP contribution in [0.25, 0.3) is 0 Å². The van der Waals surface area contributed by atoms with Gasteiger partial charge >= 0.3 is 5.97 Å². The summed E-state index contributed by atoms with van der Waals surface area (Å²) in [5.74, 6) is -1.01. The number of aromatic carboxylic acids is 1. The zero-order chi connectivity index (χ0) is 20.1. The summed E-state index contributed by atoms with van der Waals surface area (Å²) in [7, 11) is 0. The summed E-state index contributed by atoms with van der Waals surface area (Å²) in [5, 5.41) is 12.3. The highest BCUT2D eigenvalue weighted by atomic mass is 16.4. The molecule has 0 atom stereocenters. The van der Waals surface area contributed by atoms with Crippen LogP contribution >= 0.6 is 0 Å². The third-order valence-electron chi connectivity index (χ3n) is 5.57. The van der Waals surface area contributed by atoms with Gasteiger partial charge in [0.15, 0.2) is 0 Å². The number of nitrogens with one attached hydrogen (secondary N) is 1. The van der Waals surface area contributed by atoms with Crippen molar-refractivity contribution in [3.05, 3.63) is 70.8 Å². The minimum Gasteiger partial charge on any atom is -0.478 e. The van der Waals surface area contributed by atoms with E-state index < -0.39 is 5.97 Å². The second-order valence-electron chi connectivity index (χ2n) is 7.99. The molecule has 0 aromatic heterocycles. The lowest BCUT2D eigenvalue weighted by Gasteiger charge is -2.41. The molecule has 148 valence electrons. The van der Waals surface area contributed by atoms with Crippen molar-refractivity contribution in [1.82, 2.24) is 10.2 Å². The SMILES string of the molecule is CC(C)(CNC(=O)CCc1ccccc1C(=O)O)N1CCc2ccccc2C1. The fourth-order valence-corrected chi connectivity index (χ4v) is 3.72. The van der Waals surface area contributed by atoms with E-state index in [1.165, 1.54) is 11.1 Å². The van der Waals surface area contributed by atoms with Gasteiger partial charge in [-0.1, -0.05) is 42.5 Å². The van der Waals surface area contributed by atoms with Crippen LogP contribution in [0.3, 0.4) is 0 Å². The number of benzene rings is 2. The molecule has 0 saturated carbocycles. The average molecular weight is 380 g/mol. The Morgan fingerprint density at radius 3 is 2.50 bits per heavy atom. The van der Waals surface area contributed by atoms with E-state index in [1.807, 2.05) is 0 Å². The molecule has 3 rings (SSSR count). The Morgan fingerprint density at radius 2 is 1.75 bits per heavy atom. The molecular formula is C23H28N2O3. The number of rotatable bonds is 7. The van der Waals surface area contributed by atoms with E-state index in [1.54, 1.807) is 24.3 Å². The lowest BCUT2D eigenvalue weighted by atomic mass is 9.94. The van der Waals surface area contributed by atoms with E-state index in [4.69, 9.17) is 0 Å². The van der Waals surface area contributed by atoms with Crippen molar-refractivity contribution in [2.75, 3.05) is 13.1 Å². The van der Waals surface area contributed by atoms with E-state index in [-0.39, 0.29) is 23.4 Å². The number of hydrogen-bond acceptors (Lipinski definition) is 3. The Hall–Kier alpha value is -2.66. The molecule has 2 aromatic rings. The molecule has 0 unspecified atom stereocenters. The second kappa shape index (κ2) is 8.57. The largest absolute Gasteiger partial charge is 0.478 e. The molecule has 0 aliphatic carbocycles. The van der Waals surface area contributed by atoms with E-state index >= 15 is 0 Å².